The maximum absolute atomic E-state index is 2.30. The van der Waals surface area contributed by atoms with Gasteiger partial charge < -0.3 is 37.2 Å². The standard InChI is InChI=1S/C15H17.3ClH.Ti/c1-11-8-12(2)15(13(3)9-11)10-14-6-4-5-7-14;;;;/h4-9H,10H2,1-3H3;3*1H;/q;;;;+3/p-3. The molecule has 0 amide bonds. The topological polar surface area (TPSA) is 0 Å². The monoisotopic (exact) mass is 350 g/mol. The molecule has 1 aliphatic carbocycles. The van der Waals surface area contributed by atoms with Crippen LogP contribution in [0.3, 0.4) is 0 Å². The first-order chi connectivity index (χ1) is 7.50. The molecule has 0 atom stereocenters. The van der Waals surface area contributed by atoms with Crippen molar-refractivity contribution in [2.75, 3.05) is 0 Å². The third-order valence-corrected chi connectivity index (χ3v) is 4.00. The zero-order valence-corrected chi connectivity index (χ0v) is 15.1. The van der Waals surface area contributed by atoms with Gasteiger partial charge in [-0.3, -0.25) is 0 Å². The van der Waals surface area contributed by atoms with E-state index < -0.39 is 0 Å². The number of halogens is 3. The van der Waals surface area contributed by atoms with Crippen molar-refractivity contribution in [3.8, 4) is 0 Å². The summed E-state index contributed by atoms with van der Waals surface area (Å²) in [4.78, 5) is 0. The molecule has 19 heavy (non-hydrogen) atoms. The Morgan fingerprint density at radius 2 is 1.32 bits per heavy atom. The van der Waals surface area contributed by atoms with Crippen LogP contribution in [0.1, 0.15) is 22.3 Å². The molecule has 0 radical (unpaired) electrons. The molecule has 1 aromatic rings. The zero-order chi connectivity index (χ0) is 11.8. The number of hydrogen-bond acceptors (Lipinski definition) is 0. The molecule has 1 aliphatic rings. The summed E-state index contributed by atoms with van der Waals surface area (Å²) in [7, 11) is 0. The summed E-state index contributed by atoms with van der Waals surface area (Å²) in [5.41, 5.74) is 5.71. The second-order valence-electron chi connectivity index (χ2n) is 4.81. The fraction of sp³-hybridized carbons (Fsp3) is 0.333. The average Bonchev–Trinajstić information content (AvgIpc) is 2.59. The molecule has 0 aromatic heterocycles. The third-order valence-electron chi connectivity index (χ3n) is 3.21. The van der Waals surface area contributed by atoms with Crippen LogP contribution in [0.2, 0.25) is 3.72 Å². The minimum absolute atomic E-state index is 0. The Balaban J connectivity index is 0. The molecule has 0 aliphatic heterocycles. The molecule has 0 saturated heterocycles. The number of benzene rings is 1. The van der Waals surface area contributed by atoms with E-state index in [1.54, 1.807) is 0 Å². The quantitative estimate of drug-likeness (QED) is 0.468. The Labute approximate surface area is 146 Å². The van der Waals surface area contributed by atoms with Crippen LogP contribution in [0.15, 0.2) is 36.4 Å². The molecular weight excluding hydrogens is 334 g/mol. The molecule has 0 spiro atoms. The minimum atomic E-state index is 0. The van der Waals surface area contributed by atoms with Crippen LogP contribution in [0, 0.1) is 20.8 Å². The van der Waals surface area contributed by atoms with Crippen LogP contribution in [0.5, 0.6) is 0 Å². The molecule has 0 bridgehead atoms. The third kappa shape index (κ3) is 5.29. The number of allylic oxidation sites excluding steroid dienone is 4. The Morgan fingerprint density at radius 1 is 0.895 bits per heavy atom. The first kappa shape index (κ1) is 21.6. The van der Waals surface area contributed by atoms with Gasteiger partial charge in [-0.1, -0.05) is 0 Å². The van der Waals surface area contributed by atoms with Crippen molar-refractivity contribution in [3.63, 3.8) is 0 Å². The molecule has 4 heteroatoms. The van der Waals surface area contributed by atoms with Crippen molar-refractivity contribution in [1.29, 1.82) is 0 Å². The van der Waals surface area contributed by atoms with Gasteiger partial charge in [0, 0.05) is 0 Å². The van der Waals surface area contributed by atoms with Gasteiger partial charge in [0.05, 0.1) is 0 Å². The summed E-state index contributed by atoms with van der Waals surface area (Å²) >= 11 is 2.30. The SMILES string of the molecule is Cc1cc(C)c(C[C]2([Ti+3])C=CC=C2)c(C)c1.[Cl-].[Cl-].[Cl-]. The van der Waals surface area contributed by atoms with Gasteiger partial charge in [0.15, 0.2) is 0 Å². The Bertz CT molecular complexity index is 443. The van der Waals surface area contributed by atoms with E-state index in [4.69, 9.17) is 0 Å². The molecule has 1 aromatic carbocycles. The minimum Gasteiger partial charge on any atom is -1.00 e. The van der Waals surface area contributed by atoms with E-state index >= 15 is 0 Å². The molecule has 0 nitrogen and oxygen atoms in total. The molecule has 0 N–H and O–H groups in total. The van der Waals surface area contributed by atoms with Crippen LogP contribution in [0.4, 0.5) is 0 Å². The van der Waals surface area contributed by atoms with Gasteiger partial charge in [-0.25, -0.2) is 0 Å². The van der Waals surface area contributed by atoms with Gasteiger partial charge in [-0.2, -0.15) is 0 Å². The van der Waals surface area contributed by atoms with Gasteiger partial charge in [0.1, 0.15) is 0 Å². The van der Waals surface area contributed by atoms with Crippen LogP contribution in [-0.2, 0) is 26.9 Å². The summed E-state index contributed by atoms with van der Waals surface area (Å²) < 4.78 is 0.213. The van der Waals surface area contributed by atoms with E-state index in [-0.39, 0.29) is 40.9 Å². The number of hydrogen-bond donors (Lipinski definition) is 0. The fourth-order valence-corrected chi connectivity index (χ4v) is 2.99. The Hall–Kier alpha value is 0.284. The van der Waals surface area contributed by atoms with Crippen molar-refractivity contribution in [3.05, 3.63) is 58.7 Å². The van der Waals surface area contributed by atoms with E-state index in [1.165, 1.54) is 22.3 Å². The normalized spacial score (nSPS) is 14.4. The maximum atomic E-state index is 2.30. The van der Waals surface area contributed by atoms with Crippen molar-refractivity contribution < 1.29 is 57.7 Å². The Kier molecular flexibility index (Phi) is 9.70. The van der Waals surface area contributed by atoms with Crippen molar-refractivity contribution in [2.24, 2.45) is 0 Å². The van der Waals surface area contributed by atoms with Gasteiger partial charge in [0.25, 0.3) is 0 Å². The molecule has 0 unspecified atom stereocenters. The van der Waals surface area contributed by atoms with E-state index in [1.807, 2.05) is 0 Å². The van der Waals surface area contributed by atoms with E-state index in [2.05, 4.69) is 77.6 Å². The second kappa shape index (κ2) is 8.54. The largest absolute Gasteiger partial charge is 1.00 e. The molecule has 102 valence electrons. The van der Waals surface area contributed by atoms with Crippen molar-refractivity contribution >= 4 is 0 Å². The first-order valence-electron chi connectivity index (χ1n) is 5.69. The van der Waals surface area contributed by atoms with Gasteiger partial charge in [-0.05, 0) is 0 Å². The van der Waals surface area contributed by atoms with Gasteiger partial charge in [-0.15, -0.1) is 0 Å². The van der Waals surface area contributed by atoms with Gasteiger partial charge >= 0.3 is 110 Å². The maximum Gasteiger partial charge on any atom is -1.00 e. The predicted molar refractivity (Wildman–Crippen MR) is 65.3 cm³/mol. The van der Waals surface area contributed by atoms with E-state index in [0.29, 0.717) is 0 Å². The van der Waals surface area contributed by atoms with Crippen LogP contribution < -0.4 is 37.2 Å². The fourth-order valence-electron chi connectivity index (χ4n) is 2.41. The van der Waals surface area contributed by atoms with Crippen LogP contribution >= 0.6 is 0 Å². The summed E-state index contributed by atoms with van der Waals surface area (Å²) in [6.07, 6.45) is 10.0. The zero-order valence-electron chi connectivity index (χ0n) is 11.3. The molecule has 0 saturated carbocycles. The smallest absolute Gasteiger partial charge is 1.00 e. The predicted octanol–water partition coefficient (Wildman–Crippen LogP) is -5.00. The van der Waals surface area contributed by atoms with Crippen LogP contribution in [-0.4, -0.2) is 0 Å². The summed E-state index contributed by atoms with van der Waals surface area (Å²) in [6.45, 7) is 6.61. The second-order valence-corrected chi connectivity index (χ2v) is 6.27. The first-order valence-corrected chi connectivity index (χ1v) is 6.47. The summed E-state index contributed by atoms with van der Waals surface area (Å²) in [6, 6.07) is 4.57. The molecule has 0 fully saturated rings. The molecule has 2 rings (SSSR count). The van der Waals surface area contributed by atoms with Crippen LogP contribution in [0.25, 0.3) is 0 Å². The molecule has 0 heterocycles. The Morgan fingerprint density at radius 3 is 1.74 bits per heavy atom. The van der Waals surface area contributed by atoms with Crippen molar-refractivity contribution in [2.45, 2.75) is 30.9 Å². The molecular formula is C15H17Cl3Ti. The number of rotatable bonds is 2. The van der Waals surface area contributed by atoms with Crippen molar-refractivity contribution in [1.82, 2.24) is 0 Å². The average molecular weight is 352 g/mol. The van der Waals surface area contributed by atoms with E-state index in [9.17, 15) is 0 Å². The van der Waals surface area contributed by atoms with Gasteiger partial charge in [0.2, 0.25) is 0 Å². The number of aryl methyl sites for hydroxylation is 3. The summed E-state index contributed by atoms with van der Waals surface area (Å²) in [5, 5.41) is 0. The summed E-state index contributed by atoms with van der Waals surface area (Å²) in [5.74, 6) is 0. The van der Waals surface area contributed by atoms with E-state index in [0.717, 1.165) is 6.42 Å².